The number of rotatable bonds is 10. The fraction of sp³-hybridized carbons (Fsp3) is 0.393. The van der Waals surface area contributed by atoms with E-state index in [4.69, 9.17) is 16.3 Å². The summed E-state index contributed by atoms with van der Waals surface area (Å²) < 4.78 is 60.5. The highest BCUT2D eigenvalue weighted by Gasteiger charge is 2.35. The Morgan fingerprint density at radius 2 is 1.90 bits per heavy atom. The SMILES string of the molecule is COc1cc(C(=O)NC2CCCCC2)ccc1Nc1ncc(C(F)(F)F)c(NCc2ccc(Cl)cc2N(C)S(C)=O)n1. The summed E-state index contributed by atoms with van der Waals surface area (Å²) in [5.41, 5.74) is 0.758. The van der Waals surface area contributed by atoms with Gasteiger partial charge in [-0.3, -0.25) is 9.10 Å². The molecule has 3 aromatic rings. The number of ether oxygens (including phenoxy) is 1. The molecule has 3 N–H and O–H groups in total. The minimum absolute atomic E-state index is 0.0678. The standard InChI is InChI=1S/C28H32ClF3N6O3S/c1-38(42(3)40)23-14-19(29)11-9-18(23)15-33-25-21(28(30,31)32)16-34-27(37-25)36-22-12-10-17(13-24(22)41-2)26(39)35-20-7-5-4-6-8-20/h9-14,16,20H,4-8,15H2,1-3H3,(H,35,39)(H2,33,34,36,37). The highest BCUT2D eigenvalue weighted by atomic mass is 35.5. The molecular formula is C28H32ClF3N6O3S. The molecule has 1 amide bonds. The van der Waals surface area contributed by atoms with Crippen LogP contribution in [0.3, 0.4) is 0 Å². The van der Waals surface area contributed by atoms with E-state index >= 15 is 0 Å². The van der Waals surface area contributed by atoms with Crippen LogP contribution in [0, 0.1) is 0 Å². The van der Waals surface area contributed by atoms with Crippen molar-refractivity contribution in [1.29, 1.82) is 0 Å². The molecule has 0 radical (unpaired) electrons. The van der Waals surface area contributed by atoms with Crippen LogP contribution in [-0.2, 0) is 23.7 Å². The zero-order valence-electron chi connectivity index (χ0n) is 23.3. The van der Waals surface area contributed by atoms with Gasteiger partial charge in [0.05, 0.1) is 18.5 Å². The second-order valence-corrected chi connectivity index (χ2v) is 11.7. The topological polar surface area (TPSA) is 108 Å². The number of hydrogen-bond donors (Lipinski definition) is 3. The van der Waals surface area contributed by atoms with Gasteiger partial charge in [0.15, 0.2) is 0 Å². The lowest BCUT2D eigenvalue weighted by atomic mass is 9.95. The van der Waals surface area contributed by atoms with Crippen LogP contribution < -0.4 is 25.0 Å². The third kappa shape index (κ3) is 7.82. The number of nitrogens with one attached hydrogen (secondary N) is 3. The van der Waals surface area contributed by atoms with Gasteiger partial charge in [0.2, 0.25) is 5.95 Å². The van der Waals surface area contributed by atoms with Crippen LogP contribution in [0.4, 0.5) is 36.3 Å². The van der Waals surface area contributed by atoms with E-state index in [1.54, 1.807) is 43.4 Å². The first kappa shape index (κ1) is 31.4. The molecule has 1 aliphatic carbocycles. The number of halogens is 4. The van der Waals surface area contributed by atoms with Gasteiger partial charge in [-0.1, -0.05) is 36.9 Å². The van der Waals surface area contributed by atoms with Gasteiger partial charge in [0, 0.05) is 42.7 Å². The maximum atomic E-state index is 13.8. The highest BCUT2D eigenvalue weighted by Crippen LogP contribution is 2.36. The molecule has 0 aliphatic heterocycles. The maximum Gasteiger partial charge on any atom is 0.421 e. The van der Waals surface area contributed by atoms with E-state index in [9.17, 15) is 22.2 Å². The van der Waals surface area contributed by atoms with E-state index in [1.807, 2.05) is 0 Å². The van der Waals surface area contributed by atoms with Crippen LogP contribution in [0.2, 0.25) is 5.02 Å². The number of anilines is 4. The average Bonchev–Trinajstić information content (AvgIpc) is 2.96. The van der Waals surface area contributed by atoms with Gasteiger partial charge in [-0.05, 0) is 48.7 Å². The Labute approximate surface area is 249 Å². The van der Waals surface area contributed by atoms with Crippen molar-refractivity contribution in [3.05, 3.63) is 64.3 Å². The molecule has 1 aliphatic rings. The largest absolute Gasteiger partial charge is 0.495 e. The summed E-state index contributed by atoms with van der Waals surface area (Å²) in [7, 11) is 1.63. The van der Waals surface area contributed by atoms with E-state index in [-0.39, 0.29) is 24.4 Å². The van der Waals surface area contributed by atoms with Crippen molar-refractivity contribution in [3.63, 3.8) is 0 Å². The van der Waals surface area contributed by atoms with Gasteiger partial charge in [-0.25, -0.2) is 9.19 Å². The molecule has 0 saturated heterocycles. The summed E-state index contributed by atoms with van der Waals surface area (Å²) in [4.78, 5) is 20.7. The molecule has 2 aromatic carbocycles. The Bertz CT molecular complexity index is 1450. The molecule has 0 bridgehead atoms. The molecule has 9 nitrogen and oxygen atoms in total. The molecule has 42 heavy (non-hydrogen) atoms. The van der Waals surface area contributed by atoms with Gasteiger partial charge in [-0.15, -0.1) is 0 Å². The predicted molar refractivity (Wildman–Crippen MR) is 159 cm³/mol. The summed E-state index contributed by atoms with van der Waals surface area (Å²) in [6, 6.07) is 9.69. The lowest BCUT2D eigenvalue weighted by molar-refractivity contribution is -0.137. The van der Waals surface area contributed by atoms with E-state index in [0.29, 0.717) is 39.5 Å². The molecule has 1 unspecified atom stereocenters. The molecule has 226 valence electrons. The summed E-state index contributed by atoms with van der Waals surface area (Å²) in [6.07, 6.45) is 2.66. The molecular weight excluding hydrogens is 593 g/mol. The van der Waals surface area contributed by atoms with Crippen molar-refractivity contribution in [3.8, 4) is 5.75 Å². The summed E-state index contributed by atoms with van der Waals surface area (Å²) in [5, 5.41) is 9.07. The molecule has 1 atom stereocenters. The molecule has 14 heteroatoms. The molecule has 1 aromatic heterocycles. The summed E-state index contributed by atoms with van der Waals surface area (Å²) >= 11 is 6.11. The number of methoxy groups -OCH3 is 1. The zero-order chi connectivity index (χ0) is 30.4. The van der Waals surface area contributed by atoms with Gasteiger partial charge < -0.3 is 20.7 Å². The van der Waals surface area contributed by atoms with Crippen LogP contribution >= 0.6 is 11.6 Å². The van der Waals surface area contributed by atoms with Crippen LogP contribution in [0.5, 0.6) is 5.75 Å². The third-order valence-corrected chi connectivity index (χ3v) is 8.17. The maximum absolute atomic E-state index is 13.8. The first-order valence-electron chi connectivity index (χ1n) is 13.3. The number of alkyl halides is 3. The Balaban J connectivity index is 1.56. The van der Waals surface area contributed by atoms with Crippen molar-refractivity contribution in [2.45, 2.75) is 50.9 Å². The van der Waals surface area contributed by atoms with Crippen molar-refractivity contribution >= 4 is 51.6 Å². The molecule has 1 heterocycles. The second kappa shape index (κ2) is 13.6. The quantitative estimate of drug-likeness (QED) is 0.243. The normalized spacial score (nSPS) is 14.6. The van der Waals surface area contributed by atoms with Crippen molar-refractivity contribution in [2.75, 3.05) is 35.4 Å². The van der Waals surface area contributed by atoms with E-state index in [2.05, 4.69) is 25.9 Å². The number of carbonyl (C=O) groups excluding carboxylic acids is 1. The number of hydrogen-bond acceptors (Lipinski definition) is 7. The van der Waals surface area contributed by atoms with Crippen molar-refractivity contribution < 1.29 is 26.9 Å². The smallest absolute Gasteiger partial charge is 0.421 e. The van der Waals surface area contributed by atoms with Gasteiger partial charge in [0.1, 0.15) is 28.1 Å². The highest BCUT2D eigenvalue weighted by molar-refractivity contribution is 7.85. The predicted octanol–water partition coefficient (Wildman–Crippen LogP) is 6.31. The number of aromatic nitrogens is 2. The van der Waals surface area contributed by atoms with Crippen LogP contribution in [0.15, 0.2) is 42.6 Å². The average molecular weight is 625 g/mol. The minimum Gasteiger partial charge on any atom is -0.495 e. The molecule has 0 spiro atoms. The first-order valence-corrected chi connectivity index (χ1v) is 15.1. The Hall–Kier alpha value is -3.58. The Kier molecular flexibility index (Phi) is 10.2. The van der Waals surface area contributed by atoms with E-state index < -0.39 is 28.5 Å². The summed E-state index contributed by atoms with van der Waals surface area (Å²) in [5.74, 6) is -0.496. The van der Waals surface area contributed by atoms with Gasteiger partial charge in [-0.2, -0.15) is 18.2 Å². The number of carbonyl (C=O) groups is 1. The lowest BCUT2D eigenvalue weighted by Gasteiger charge is -2.23. The number of benzene rings is 2. The van der Waals surface area contributed by atoms with Crippen LogP contribution in [0.25, 0.3) is 0 Å². The Morgan fingerprint density at radius 3 is 2.57 bits per heavy atom. The van der Waals surface area contributed by atoms with Crippen LogP contribution in [-0.4, -0.2) is 46.5 Å². The van der Waals surface area contributed by atoms with Crippen LogP contribution in [0.1, 0.15) is 53.6 Å². The van der Waals surface area contributed by atoms with Gasteiger partial charge >= 0.3 is 6.18 Å². The number of nitrogens with zero attached hydrogens (tertiary/aromatic N) is 3. The fourth-order valence-corrected chi connectivity index (χ4v) is 5.27. The molecule has 1 fully saturated rings. The second-order valence-electron chi connectivity index (χ2n) is 9.85. The number of amides is 1. The minimum atomic E-state index is -4.73. The third-order valence-electron chi connectivity index (χ3n) is 6.96. The molecule has 1 saturated carbocycles. The fourth-order valence-electron chi connectivity index (χ4n) is 4.65. The first-order chi connectivity index (χ1) is 20.0. The van der Waals surface area contributed by atoms with Gasteiger partial charge in [0.25, 0.3) is 5.91 Å². The van der Waals surface area contributed by atoms with E-state index in [1.165, 1.54) is 24.1 Å². The monoisotopic (exact) mass is 624 g/mol. The van der Waals surface area contributed by atoms with E-state index in [0.717, 1.165) is 25.7 Å². The van der Waals surface area contributed by atoms with Crippen molar-refractivity contribution in [1.82, 2.24) is 15.3 Å². The lowest BCUT2D eigenvalue weighted by Crippen LogP contribution is -2.36. The van der Waals surface area contributed by atoms with Crippen molar-refractivity contribution in [2.24, 2.45) is 0 Å². The summed E-state index contributed by atoms with van der Waals surface area (Å²) in [6.45, 7) is -0.0678. The zero-order valence-corrected chi connectivity index (χ0v) is 24.9. The Morgan fingerprint density at radius 1 is 1.17 bits per heavy atom. The molecule has 4 rings (SSSR count).